The quantitative estimate of drug-likeness (QED) is 0.754. The topological polar surface area (TPSA) is 84.9 Å². The van der Waals surface area contributed by atoms with E-state index < -0.39 is 0 Å². The van der Waals surface area contributed by atoms with E-state index in [9.17, 15) is 5.11 Å². The largest absolute Gasteiger partial charge is 0.507 e. The molecule has 94 valence electrons. The van der Waals surface area contributed by atoms with Crippen LogP contribution in [0.5, 0.6) is 5.75 Å². The van der Waals surface area contributed by atoms with Crippen LogP contribution in [0.2, 0.25) is 0 Å². The van der Waals surface area contributed by atoms with Crippen LogP contribution < -0.4 is 0 Å². The molecule has 6 nitrogen and oxygen atoms in total. The molecule has 3 aromatic rings. The standard InChI is InChI=1S/C13H10N4O2/c1-8-3-4-9(10(18)7-8)13-16-12(17-19-13)11-14-5-2-6-15-11/h2-7,18H,1H3. The molecule has 0 amide bonds. The summed E-state index contributed by atoms with van der Waals surface area (Å²) >= 11 is 0. The van der Waals surface area contributed by atoms with Crippen molar-refractivity contribution in [3.05, 3.63) is 42.2 Å². The van der Waals surface area contributed by atoms with Crippen LogP contribution in [0.1, 0.15) is 5.56 Å². The molecule has 0 atom stereocenters. The lowest BCUT2D eigenvalue weighted by Crippen LogP contribution is -1.88. The van der Waals surface area contributed by atoms with Gasteiger partial charge in [0.25, 0.3) is 5.89 Å². The van der Waals surface area contributed by atoms with Crippen LogP contribution in [0.25, 0.3) is 23.1 Å². The molecule has 0 aliphatic heterocycles. The van der Waals surface area contributed by atoms with Crippen molar-refractivity contribution in [2.75, 3.05) is 0 Å². The third-order valence-electron chi connectivity index (χ3n) is 2.58. The van der Waals surface area contributed by atoms with Crippen molar-refractivity contribution in [1.82, 2.24) is 20.1 Å². The Bertz CT molecular complexity index is 710. The molecular weight excluding hydrogens is 244 g/mol. The number of phenolic OH excluding ortho intramolecular Hbond substituents is 1. The van der Waals surface area contributed by atoms with E-state index in [-0.39, 0.29) is 17.5 Å². The summed E-state index contributed by atoms with van der Waals surface area (Å²) in [4.78, 5) is 12.2. The van der Waals surface area contributed by atoms with Crippen LogP contribution in [0.3, 0.4) is 0 Å². The molecule has 0 fully saturated rings. The lowest BCUT2D eigenvalue weighted by Gasteiger charge is -1.99. The zero-order chi connectivity index (χ0) is 13.2. The molecule has 0 bridgehead atoms. The Morgan fingerprint density at radius 2 is 1.89 bits per heavy atom. The molecular formula is C13H10N4O2. The second-order valence-electron chi connectivity index (χ2n) is 4.02. The summed E-state index contributed by atoms with van der Waals surface area (Å²) in [7, 11) is 0. The Hall–Kier alpha value is -2.76. The molecule has 1 N–H and O–H groups in total. The Morgan fingerprint density at radius 1 is 1.11 bits per heavy atom. The number of hydrogen-bond donors (Lipinski definition) is 1. The minimum Gasteiger partial charge on any atom is -0.507 e. The van der Waals surface area contributed by atoms with Crippen molar-refractivity contribution in [3.8, 4) is 28.9 Å². The van der Waals surface area contributed by atoms with Crippen LogP contribution in [0.4, 0.5) is 0 Å². The van der Waals surface area contributed by atoms with Crippen molar-refractivity contribution in [2.45, 2.75) is 6.92 Å². The summed E-state index contributed by atoms with van der Waals surface area (Å²) in [5.74, 6) is 1.00. The highest BCUT2D eigenvalue weighted by molar-refractivity contribution is 5.64. The fourth-order valence-corrected chi connectivity index (χ4v) is 1.66. The second kappa shape index (κ2) is 4.49. The van der Waals surface area contributed by atoms with Gasteiger partial charge < -0.3 is 9.63 Å². The first-order valence-electron chi connectivity index (χ1n) is 5.65. The number of nitrogens with zero attached hydrogens (tertiary/aromatic N) is 4. The Labute approximate surface area is 108 Å². The van der Waals surface area contributed by atoms with Crippen molar-refractivity contribution in [3.63, 3.8) is 0 Å². The first-order chi connectivity index (χ1) is 9.24. The van der Waals surface area contributed by atoms with E-state index in [0.717, 1.165) is 5.56 Å². The number of aromatic nitrogens is 4. The summed E-state index contributed by atoms with van der Waals surface area (Å²) < 4.78 is 5.12. The highest BCUT2D eigenvalue weighted by Crippen LogP contribution is 2.29. The lowest BCUT2D eigenvalue weighted by atomic mass is 10.1. The summed E-state index contributed by atoms with van der Waals surface area (Å²) in [5.41, 5.74) is 1.44. The molecule has 2 aromatic heterocycles. The average molecular weight is 254 g/mol. The Balaban J connectivity index is 2.02. The number of aromatic hydroxyl groups is 1. The van der Waals surface area contributed by atoms with Crippen LogP contribution in [-0.4, -0.2) is 25.2 Å². The molecule has 0 spiro atoms. The first-order valence-corrected chi connectivity index (χ1v) is 5.65. The highest BCUT2D eigenvalue weighted by atomic mass is 16.5. The molecule has 6 heteroatoms. The van der Waals surface area contributed by atoms with Gasteiger partial charge in [0.2, 0.25) is 11.6 Å². The zero-order valence-electron chi connectivity index (χ0n) is 10.1. The lowest BCUT2D eigenvalue weighted by molar-refractivity contribution is 0.425. The van der Waals surface area contributed by atoms with Gasteiger partial charge in [-0.15, -0.1) is 0 Å². The fourth-order valence-electron chi connectivity index (χ4n) is 1.66. The smallest absolute Gasteiger partial charge is 0.262 e. The number of benzene rings is 1. The predicted octanol–water partition coefficient (Wildman–Crippen LogP) is 2.21. The van der Waals surface area contributed by atoms with Gasteiger partial charge in [0.05, 0.1) is 5.56 Å². The van der Waals surface area contributed by atoms with E-state index >= 15 is 0 Å². The normalized spacial score (nSPS) is 10.6. The predicted molar refractivity (Wildman–Crippen MR) is 67.2 cm³/mol. The van der Waals surface area contributed by atoms with Gasteiger partial charge >= 0.3 is 0 Å². The van der Waals surface area contributed by atoms with E-state index in [0.29, 0.717) is 11.4 Å². The molecule has 0 saturated carbocycles. The average Bonchev–Trinajstić information content (AvgIpc) is 2.89. The van der Waals surface area contributed by atoms with E-state index in [1.54, 1.807) is 30.6 Å². The number of phenols is 1. The summed E-state index contributed by atoms with van der Waals surface area (Å²) in [5, 5.41) is 13.7. The van der Waals surface area contributed by atoms with Gasteiger partial charge in [-0.25, -0.2) is 9.97 Å². The van der Waals surface area contributed by atoms with Crippen LogP contribution in [-0.2, 0) is 0 Å². The summed E-state index contributed by atoms with van der Waals surface area (Å²) in [6.45, 7) is 1.89. The van der Waals surface area contributed by atoms with Crippen molar-refractivity contribution >= 4 is 0 Å². The second-order valence-corrected chi connectivity index (χ2v) is 4.02. The molecule has 0 radical (unpaired) electrons. The van der Waals surface area contributed by atoms with Gasteiger partial charge in [-0.3, -0.25) is 0 Å². The van der Waals surface area contributed by atoms with Crippen molar-refractivity contribution in [2.24, 2.45) is 0 Å². The molecule has 0 unspecified atom stereocenters. The molecule has 0 saturated heterocycles. The van der Waals surface area contributed by atoms with E-state index in [2.05, 4.69) is 20.1 Å². The van der Waals surface area contributed by atoms with Crippen LogP contribution in [0, 0.1) is 6.92 Å². The van der Waals surface area contributed by atoms with E-state index in [1.165, 1.54) is 0 Å². The van der Waals surface area contributed by atoms with Gasteiger partial charge in [-0.05, 0) is 30.7 Å². The molecule has 0 aliphatic carbocycles. The van der Waals surface area contributed by atoms with Crippen molar-refractivity contribution < 1.29 is 9.63 Å². The van der Waals surface area contributed by atoms with Gasteiger partial charge in [0.1, 0.15) is 5.75 Å². The monoisotopic (exact) mass is 254 g/mol. The SMILES string of the molecule is Cc1ccc(-c2nc(-c3ncccn3)no2)c(O)c1. The molecule has 1 aromatic carbocycles. The van der Waals surface area contributed by atoms with Gasteiger partial charge in [0, 0.05) is 12.4 Å². The molecule has 19 heavy (non-hydrogen) atoms. The molecule has 0 aliphatic rings. The van der Waals surface area contributed by atoms with Gasteiger partial charge in [0.15, 0.2) is 0 Å². The minimum atomic E-state index is 0.101. The maximum atomic E-state index is 9.87. The van der Waals surface area contributed by atoms with Crippen LogP contribution in [0.15, 0.2) is 41.2 Å². The third kappa shape index (κ3) is 2.15. The van der Waals surface area contributed by atoms with Gasteiger partial charge in [-0.1, -0.05) is 11.2 Å². The summed E-state index contributed by atoms with van der Waals surface area (Å²) in [6, 6.07) is 6.93. The Kier molecular flexibility index (Phi) is 2.68. The highest BCUT2D eigenvalue weighted by Gasteiger charge is 2.15. The maximum Gasteiger partial charge on any atom is 0.262 e. The third-order valence-corrected chi connectivity index (χ3v) is 2.58. The van der Waals surface area contributed by atoms with Crippen molar-refractivity contribution in [1.29, 1.82) is 0 Å². The summed E-state index contributed by atoms with van der Waals surface area (Å²) in [6.07, 6.45) is 3.20. The van der Waals surface area contributed by atoms with Gasteiger partial charge in [-0.2, -0.15) is 4.98 Å². The van der Waals surface area contributed by atoms with E-state index in [1.807, 2.05) is 13.0 Å². The Morgan fingerprint density at radius 3 is 2.63 bits per heavy atom. The first kappa shape index (κ1) is 11.3. The van der Waals surface area contributed by atoms with Crippen LogP contribution >= 0.6 is 0 Å². The zero-order valence-corrected chi connectivity index (χ0v) is 10.1. The maximum absolute atomic E-state index is 9.87. The van der Waals surface area contributed by atoms with E-state index in [4.69, 9.17) is 4.52 Å². The fraction of sp³-hybridized carbons (Fsp3) is 0.0769. The number of rotatable bonds is 2. The number of aryl methyl sites for hydroxylation is 1. The molecule has 2 heterocycles. The molecule has 3 rings (SSSR count). The number of hydrogen-bond acceptors (Lipinski definition) is 6. The minimum absolute atomic E-state index is 0.101.